The molecule has 14 heavy (non-hydrogen) atoms. The number of nitrogens with two attached hydrogens (primary N) is 1. The van der Waals surface area contributed by atoms with Crippen LogP contribution in [0.25, 0.3) is 6.08 Å². The van der Waals surface area contributed by atoms with Crippen LogP contribution in [0.4, 0.5) is 0 Å². The van der Waals surface area contributed by atoms with Gasteiger partial charge in [0.05, 0.1) is 6.20 Å². The molecule has 0 aliphatic rings. The lowest BCUT2D eigenvalue weighted by atomic mass is 9.89. The van der Waals surface area contributed by atoms with Crippen molar-refractivity contribution in [3.8, 4) is 0 Å². The summed E-state index contributed by atoms with van der Waals surface area (Å²) in [6.45, 7) is 8.42. The zero-order valence-electron chi connectivity index (χ0n) is 9.33. The van der Waals surface area contributed by atoms with Crippen LogP contribution in [0, 0.1) is 0 Å². The number of hydrogen-bond donors (Lipinski definition) is 2. The highest BCUT2D eigenvalue weighted by Crippen LogP contribution is 2.24. The number of nitrogens with one attached hydrogen (secondary N) is 1. The lowest BCUT2D eigenvalue weighted by Crippen LogP contribution is -2.14. The maximum absolute atomic E-state index is 5.65. The van der Waals surface area contributed by atoms with Crippen molar-refractivity contribution < 1.29 is 0 Å². The molecule has 0 bridgehead atoms. The van der Waals surface area contributed by atoms with E-state index in [1.165, 1.54) is 0 Å². The van der Waals surface area contributed by atoms with Crippen LogP contribution in [-0.4, -0.2) is 16.2 Å². The first-order valence-corrected chi connectivity index (χ1v) is 4.89. The Kier molecular flexibility index (Phi) is 3.11. The van der Waals surface area contributed by atoms with Crippen LogP contribution < -0.4 is 5.73 Å². The van der Waals surface area contributed by atoms with E-state index in [2.05, 4.69) is 31.0 Å². The highest BCUT2D eigenvalue weighted by Gasteiger charge is 2.18. The molecule has 1 heterocycles. The largest absolute Gasteiger partial charge is 0.325 e. The van der Waals surface area contributed by atoms with E-state index < -0.39 is 0 Å². The molecule has 0 saturated carbocycles. The summed E-state index contributed by atoms with van der Waals surface area (Å²) < 4.78 is 0. The summed E-state index contributed by atoms with van der Waals surface area (Å²) in [4.78, 5) is 0. The van der Waals surface area contributed by atoms with Crippen molar-refractivity contribution in [2.75, 3.05) is 0 Å². The van der Waals surface area contributed by atoms with E-state index in [9.17, 15) is 0 Å². The Labute approximate surface area is 85.4 Å². The Bertz CT molecular complexity index is 316. The molecule has 0 saturated heterocycles. The Balaban J connectivity index is 2.94. The van der Waals surface area contributed by atoms with Crippen molar-refractivity contribution in [1.29, 1.82) is 0 Å². The van der Waals surface area contributed by atoms with Crippen LogP contribution in [0.1, 0.15) is 39.0 Å². The summed E-state index contributed by atoms with van der Waals surface area (Å²) in [5.41, 5.74) is 8.01. The normalized spacial score (nSPS) is 14.9. The van der Waals surface area contributed by atoms with Gasteiger partial charge in [0, 0.05) is 22.7 Å². The first kappa shape index (κ1) is 11.0. The summed E-state index contributed by atoms with van der Waals surface area (Å²) in [7, 11) is 0. The molecule has 1 atom stereocenters. The van der Waals surface area contributed by atoms with E-state index in [1.54, 1.807) is 0 Å². The third kappa shape index (κ3) is 2.70. The van der Waals surface area contributed by atoms with Crippen LogP contribution in [0.2, 0.25) is 0 Å². The van der Waals surface area contributed by atoms with Crippen molar-refractivity contribution in [3.05, 3.63) is 23.5 Å². The van der Waals surface area contributed by atoms with Gasteiger partial charge in [-0.3, -0.25) is 5.10 Å². The highest BCUT2D eigenvalue weighted by atomic mass is 15.1. The van der Waals surface area contributed by atoms with Gasteiger partial charge < -0.3 is 5.73 Å². The fourth-order valence-corrected chi connectivity index (χ4v) is 1.28. The Morgan fingerprint density at radius 1 is 1.50 bits per heavy atom. The van der Waals surface area contributed by atoms with Gasteiger partial charge in [0.1, 0.15) is 0 Å². The quantitative estimate of drug-likeness (QED) is 0.755. The average molecular weight is 193 g/mol. The van der Waals surface area contributed by atoms with Crippen LogP contribution >= 0.6 is 0 Å². The molecule has 1 rings (SSSR count). The standard InChI is InChI=1S/C11H19N3/c1-8(12)5-6-9-7-13-14-10(9)11(2,3)4/h5-8H,12H2,1-4H3,(H,13,14)/b6-5+. The summed E-state index contributed by atoms with van der Waals surface area (Å²) >= 11 is 0. The first-order chi connectivity index (χ1) is 6.41. The molecule has 0 spiro atoms. The fourth-order valence-electron chi connectivity index (χ4n) is 1.28. The number of nitrogens with zero attached hydrogens (tertiary/aromatic N) is 1. The Morgan fingerprint density at radius 2 is 2.14 bits per heavy atom. The minimum Gasteiger partial charge on any atom is -0.325 e. The van der Waals surface area contributed by atoms with E-state index in [0.717, 1.165) is 11.3 Å². The number of aromatic amines is 1. The molecule has 3 N–H and O–H groups in total. The molecule has 1 unspecified atom stereocenters. The monoisotopic (exact) mass is 193 g/mol. The Morgan fingerprint density at radius 3 is 2.64 bits per heavy atom. The molecule has 3 heteroatoms. The smallest absolute Gasteiger partial charge is 0.0562 e. The van der Waals surface area contributed by atoms with Crippen molar-refractivity contribution >= 4 is 6.08 Å². The topological polar surface area (TPSA) is 54.7 Å². The number of aromatic nitrogens is 2. The Hall–Kier alpha value is -1.09. The van der Waals surface area contributed by atoms with Gasteiger partial charge in [0.2, 0.25) is 0 Å². The van der Waals surface area contributed by atoms with Gasteiger partial charge in [-0.25, -0.2) is 0 Å². The lowest BCUT2D eigenvalue weighted by Gasteiger charge is -2.17. The van der Waals surface area contributed by atoms with Crippen LogP contribution in [-0.2, 0) is 5.41 Å². The average Bonchev–Trinajstić information content (AvgIpc) is 2.46. The third-order valence-corrected chi connectivity index (χ3v) is 2.00. The second-order valence-corrected chi connectivity index (χ2v) is 4.67. The van der Waals surface area contributed by atoms with E-state index >= 15 is 0 Å². The first-order valence-electron chi connectivity index (χ1n) is 4.89. The van der Waals surface area contributed by atoms with Gasteiger partial charge in [0.25, 0.3) is 0 Å². The van der Waals surface area contributed by atoms with Gasteiger partial charge in [-0.05, 0) is 6.92 Å². The summed E-state index contributed by atoms with van der Waals surface area (Å²) in [5.74, 6) is 0. The van der Waals surface area contributed by atoms with Crippen molar-refractivity contribution in [2.24, 2.45) is 5.73 Å². The number of H-pyrrole nitrogens is 1. The number of rotatable bonds is 2. The van der Waals surface area contributed by atoms with Crippen molar-refractivity contribution in [1.82, 2.24) is 10.2 Å². The van der Waals surface area contributed by atoms with Crippen molar-refractivity contribution in [3.63, 3.8) is 0 Å². The van der Waals surface area contributed by atoms with Gasteiger partial charge in [-0.1, -0.05) is 32.9 Å². The predicted molar refractivity (Wildman–Crippen MR) is 60.0 cm³/mol. The van der Waals surface area contributed by atoms with Gasteiger partial charge >= 0.3 is 0 Å². The molecule has 0 aliphatic carbocycles. The molecular formula is C11H19N3. The summed E-state index contributed by atoms with van der Waals surface area (Å²) in [5, 5.41) is 7.08. The molecule has 0 aliphatic heterocycles. The molecule has 78 valence electrons. The molecule has 0 amide bonds. The predicted octanol–water partition coefficient (Wildman–Crippen LogP) is 2.07. The molecule has 1 aromatic rings. The maximum Gasteiger partial charge on any atom is 0.0562 e. The highest BCUT2D eigenvalue weighted by molar-refractivity contribution is 5.52. The maximum atomic E-state index is 5.65. The van der Waals surface area contributed by atoms with Crippen LogP contribution in [0.15, 0.2) is 12.3 Å². The zero-order chi connectivity index (χ0) is 10.8. The van der Waals surface area contributed by atoms with Gasteiger partial charge in [-0.2, -0.15) is 5.10 Å². The minimum absolute atomic E-state index is 0.0812. The lowest BCUT2D eigenvalue weighted by molar-refractivity contribution is 0.565. The van der Waals surface area contributed by atoms with E-state index in [-0.39, 0.29) is 11.5 Å². The van der Waals surface area contributed by atoms with E-state index in [0.29, 0.717) is 0 Å². The second-order valence-electron chi connectivity index (χ2n) is 4.67. The molecule has 0 radical (unpaired) electrons. The zero-order valence-corrected chi connectivity index (χ0v) is 9.33. The molecule has 1 aromatic heterocycles. The van der Waals surface area contributed by atoms with Gasteiger partial charge in [-0.15, -0.1) is 0 Å². The third-order valence-electron chi connectivity index (χ3n) is 2.00. The molecule has 3 nitrogen and oxygen atoms in total. The SMILES string of the molecule is CC(N)/C=C/c1cn[nH]c1C(C)(C)C. The van der Waals surface area contributed by atoms with Crippen LogP contribution in [0.5, 0.6) is 0 Å². The molecular weight excluding hydrogens is 174 g/mol. The van der Waals surface area contributed by atoms with E-state index in [1.807, 2.05) is 25.3 Å². The summed E-state index contributed by atoms with van der Waals surface area (Å²) in [6, 6.07) is 0.0812. The molecule has 0 fully saturated rings. The minimum atomic E-state index is 0.0812. The van der Waals surface area contributed by atoms with Gasteiger partial charge in [0.15, 0.2) is 0 Å². The number of hydrogen-bond acceptors (Lipinski definition) is 2. The molecule has 0 aromatic carbocycles. The van der Waals surface area contributed by atoms with Crippen LogP contribution in [0.3, 0.4) is 0 Å². The summed E-state index contributed by atoms with van der Waals surface area (Å²) in [6.07, 6.45) is 5.83. The van der Waals surface area contributed by atoms with E-state index in [4.69, 9.17) is 5.73 Å². The second kappa shape index (κ2) is 3.96. The van der Waals surface area contributed by atoms with Crippen molar-refractivity contribution in [2.45, 2.75) is 39.2 Å². The fraction of sp³-hybridized carbons (Fsp3) is 0.545.